The maximum atomic E-state index is 6.34. The van der Waals surface area contributed by atoms with E-state index >= 15 is 0 Å². The van der Waals surface area contributed by atoms with Crippen molar-refractivity contribution in [3.05, 3.63) is 35.4 Å². The van der Waals surface area contributed by atoms with Crippen LogP contribution < -0.4 is 5.73 Å². The quantitative estimate of drug-likeness (QED) is 0.906. The summed E-state index contributed by atoms with van der Waals surface area (Å²) in [6, 6.07) is 8.58. The number of nitrogens with zero attached hydrogens (tertiary/aromatic N) is 1. The molecule has 0 spiro atoms. The van der Waals surface area contributed by atoms with Gasteiger partial charge in [-0.15, -0.1) is 0 Å². The van der Waals surface area contributed by atoms with Gasteiger partial charge >= 0.3 is 0 Å². The lowest BCUT2D eigenvalue weighted by Gasteiger charge is -2.40. The fourth-order valence-corrected chi connectivity index (χ4v) is 2.91. The van der Waals surface area contributed by atoms with Crippen molar-refractivity contribution < 1.29 is 4.74 Å². The second-order valence-electron chi connectivity index (χ2n) is 6.01. The monoisotopic (exact) mass is 262 g/mol. The van der Waals surface area contributed by atoms with Crippen LogP contribution >= 0.6 is 0 Å². The zero-order valence-corrected chi connectivity index (χ0v) is 12.4. The van der Waals surface area contributed by atoms with E-state index in [0.717, 1.165) is 26.1 Å². The Balaban J connectivity index is 1.97. The van der Waals surface area contributed by atoms with Crippen LogP contribution in [0.3, 0.4) is 0 Å². The van der Waals surface area contributed by atoms with Gasteiger partial charge in [0.05, 0.1) is 5.60 Å². The third kappa shape index (κ3) is 3.78. The number of aryl methyl sites for hydroxylation is 1. The Bertz CT molecular complexity index is 421. The molecule has 3 nitrogen and oxygen atoms in total. The number of rotatable bonds is 4. The van der Waals surface area contributed by atoms with E-state index in [9.17, 15) is 0 Å². The van der Waals surface area contributed by atoms with E-state index in [1.54, 1.807) is 0 Å². The maximum absolute atomic E-state index is 6.34. The molecule has 1 aliphatic heterocycles. The van der Waals surface area contributed by atoms with E-state index in [1.165, 1.54) is 17.5 Å². The van der Waals surface area contributed by atoms with Crippen molar-refractivity contribution in [3.8, 4) is 0 Å². The third-order valence-corrected chi connectivity index (χ3v) is 4.16. The number of methoxy groups -OCH3 is 1. The average Bonchev–Trinajstić information content (AvgIpc) is 2.39. The molecule has 2 N–H and O–H groups in total. The molecule has 0 radical (unpaired) electrons. The van der Waals surface area contributed by atoms with Crippen molar-refractivity contribution in [2.45, 2.75) is 38.3 Å². The highest BCUT2D eigenvalue weighted by atomic mass is 16.5. The van der Waals surface area contributed by atoms with Gasteiger partial charge in [0.15, 0.2) is 0 Å². The van der Waals surface area contributed by atoms with Crippen LogP contribution in [0.15, 0.2) is 24.3 Å². The van der Waals surface area contributed by atoms with Crippen molar-refractivity contribution in [1.82, 2.24) is 4.90 Å². The molecule has 1 aromatic carbocycles. The molecule has 0 bridgehead atoms. The van der Waals surface area contributed by atoms with Gasteiger partial charge in [0.25, 0.3) is 0 Å². The number of hydrogen-bond donors (Lipinski definition) is 1. The van der Waals surface area contributed by atoms with Gasteiger partial charge < -0.3 is 10.5 Å². The zero-order valence-electron chi connectivity index (χ0n) is 12.4. The van der Waals surface area contributed by atoms with Crippen LogP contribution in [0.25, 0.3) is 0 Å². The van der Waals surface area contributed by atoms with Crippen LogP contribution in [-0.4, -0.2) is 37.2 Å². The molecule has 3 heteroatoms. The topological polar surface area (TPSA) is 38.5 Å². The van der Waals surface area contributed by atoms with Gasteiger partial charge in [-0.05, 0) is 38.8 Å². The standard InChI is InChI=1S/C16H26N2O/c1-13-6-4-7-14(10-13)15(17)11-18-9-5-8-16(2,12-18)19-3/h4,6-7,10,15H,5,8-9,11-12,17H2,1-3H3. The van der Waals surface area contributed by atoms with Crippen LogP contribution in [0.2, 0.25) is 0 Å². The Morgan fingerprint density at radius 3 is 2.95 bits per heavy atom. The van der Waals surface area contributed by atoms with Crippen molar-refractivity contribution in [2.75, 3.05) is 26.7 Å². The lowest BCUT2D eigenvalue weighted by Crippen LogP contribution is -2.49. The number of nitrogens with two attached hydrogens (primary N) is 1. The molecule has 1 saturated heterocycles. The number of ether oxygens (including phenoxy) is 1. The highest BCUT2D eigenvalue weighted by Gasteiger charge is 2.31. The zero-order chi connectivity index (χ0) is 13.9. The van der Waals surface area contributed by atoms with Gasteiger partial charge in [0.2, 0.25) is 0 Å². The second-order valence-corrected chi connectivity index (χ2v) is 6.01. The lowest BCUT2D eigenvalue weighted by molar-refractivity contribution is -0.0516. The molecule has 106 valence electrons. The molecule has 1 fully saturated rings. The number of likely N-dealkylation sites (tertiary alicyclic amines) is 1. The fourth-order valence-electron chi connectivity index (χ4n) is 2.91. The molecule has 2 atom stereocenters. The van der Waals surface area contributed by atoms with Crippen LogP contribution in [0.1, 0.15) is 36.9 Å². The molecule has 0 aliphatic carbocycles. The van der Waals surface area contributed by atoms with Crippen molar-refractivity contribution >= 4 is 0 Å². The van der Waals surface area contributed by atoms with E-state index in [1.807, 2.05) is 7.11 Å². The smallest absolute Gasteiger partial charge is 0.0777 e. The van der Waals surface area contributed by atoms with E-state index in [4.69, 9.17) is 10.5 Å². The normalized spacial score (nSPS) is 26.3. The third-order valence-electron chi connectivity index (χ3n) is 4.16. The van der Waals surface area contributed by atoms with Crippen LogP contribution in [0.4, 0.5) is 0 Å². The SMILES string of the molecule is COC1(C)CCCN(CC(N)c2cccc(C)c2)C1. The summed E-state index contributed by atoms with van der Waals surface area (Å²) >= 11 is 0. The summed E-state index contributed by atoms with van der Waals surface area (Å²) in [6.07, 6.45) is 2.32. The Labute approximate surface area is 116 Å². The predicted molar refractivity (Wildman–Crippen MR) is 79.2 cm³/mol. The average molecular weight is 262 g/mol. The first-order valence-corrected chi connectivity index (χ1v) is 7.12. The fraction of sp³-hybridized carbons (Fsp3) is 0.625. The summed E-state index contributed by atoms with van der Waals surface area (Å²) in [5, 5.41) is 0. The first kappa shape index (κ1) is 14.5. The summed E-state index contributed by atoms with van der Waals surface area (Å²) in [6.45, 7) is 7.31. The molecular weight excluding hydrogens is 236 g/mol. The predicted octanol–water partition coefficient (Wildman–Crippen LogP) is 2.50. The molecule has 0 aromatic heterocycles. The molecule has 2 rings (SSSR count). The molecule has 19 heavy (non-hydrogen) atoms. The summed E-state index contributed by atoms with van der Waals surface area (Å²) in [5.74, 6) is 0. The number of piperidine rings is 1. The highest BCUT2D eigenvalue weighted by molar-refractivity contribution is 5.25. The minimum absolute atomic E-state index is 0.00935. The van der Waals surface area contributed by atoms with Crippen molar-refractivity contribution in [1.29, 1.82) is 0 Å². The van der Waals surface area contributed by atoms with Gasteiger partial charge in [0, 0.05) is 26.2 Å². The first-order chi connectivity index (χ1) is 9.02. The van der Waals surface area contributed by atoms with Crippen LogP contribution in [0, 0.1) is 6.92 Å². The second kappa shape index (κ2) is 6.04. The van der Waals surface area contributed by atoms with Gasteiger partial charge in [0.1, 0.15) is 0 Å². The lowest BCUT2D eigenvalue weighted by atomic mass is 9.94. The van der Waals surface area contributed by atoms with Crippen LogP contribution in [-0.2, 0) is 4.74 Å². The number of hydrogen-bond acceptors (Lipinski definition) is 3. The van der Waals surface area contributed by atoms with Gasteiger partial charge in [-0.3, -0.25) is 4.90 Å². The molecule has 1 aliphatic rings. The first-order valence-electron chi connectivity index (χ1n) is 7.12. The molecule has 1 heterocycles. The summed E-state index contributed by atoms with van der Waals surface area (Å²) in [7, 11) is 1.81. The van der Waals surface area contributed by atoms with Crippen LogP contribution in [0.5, 0.6) is 0 Å². The summed E-state index contributed by atoms with van der Waals surface area (Å²) < 4.78 is 5.63. The molecule has 0 saturated carbocycles. The van der Waals surface area contributed by atoms with Crippen molar-refractivity contribution in [2.24, 2.45) is 5.73 Å². The Kier molecular flexibility index (Phi) is 4.61. The van der Waals surface area contributed by atoms with E-state index < -0.39 is 0 Å². The van der Waals surface area contributed by atoms with Gasteiger partial charge in [-0.25, -0.2) is 0 Å². The van der Waals surface area contributed by atoms with Gasteiger partial charge in [-0.2, -0.15) is 0 Å². The largest absolute Gasteiger partial charge is 0.377 e. The molecule has 1 aromatic rings. The minimum atomic E-state index is -0.00935. The summed E-state index contributed by atoms with van der Waals surface area (Å²) in [4.78, 5) is 2.43. The summed E-state index contributed by atoms with van der Waals surface area (Å²) in [5.41, 5.74) is 8.83. The number of benzene rings is 1. The highest BCUT2D eigenvalue weighted by Crippen LogP contribution is 2.25. The van der Waals surface area contributed by atoms with E-state index in [2.05, 4.69) is 43.0 Å². The van der Waals surface area contributed by atoms with E-state index in [0.29, 0.717) is 0 Å². The maximum Gasteiger partial charge on any atom is 0.0777 e. The Morgan fingerprint density at radius 1 is 1.47 bits per heavy atom. The minimum Gasteiger partial charge on any atom is -0.377 e. The van der Waals surface area contributed by atoms with E-state index in [-0.39, 0.29) is 11.6 Å². The van der Waals surface area contributed by atoms with Gasteiger partial charge in [-0.1, -0.05) is 29.8 Å². The molecular formula is C16H26N2O. The Hall–Kier alpha value is -0.900. The molecule has 2 unspecified atom stereocenters. The van der Waals surface area contributed by atoms with Crippen molar-refractivity contribution in [3.63, 3.8) is 0 Å². The Morgan fingerprint density at radius 2 is 2.26 bits per heavy atom. The molecule has 0 amide bonds.